The Hall–Kier alpha value is -3.22. The van der Waals surface area contributed by atoms with Crippen molar-refractivity contribution in [2.75, 3.05) is 13.1 Å². The fraction of sp³-hybridized carbons (Fsp3) is 0.375. The number of carbonyl (C=O) groups is 1. The second-order valence-corrected chi connectivity index (χ2v) is 8.71. The number of nitrogens with one attached hydrogen (secondary N) is 1. The maximum absolute atomic E-state index is 13.2. The van der Waals surface area contributed by atoms with Gasteiger partial charge in [0.15, 0.2) is 5.82 Å². The highest BCUT2D eigenvalue weighted by Crippen LogP contribution is 2.33. The molecule has 0 spiro atoms. The molecule has 1 atom stereocenters. The van der Waals surface area contributed by atoms with Crippen LogP contribution in [0.1, 0.15) is 24.8 Å². The third kappa shape index (κ3) is 3.92. The number of hydrogen-bond acceptors (Lipinski definition) is 3. The van der Waals surface area contributed by atoms with Crippen molar-refractivity contribution in [1.82, 2.24) is 19.7 Å². The van der Waals surface area contributed by atoms with Gasteiger partial charge in [-0.1, -0.05) is 30.3 Å². The Kier molecular flexibility index (Phi) is 4.96. The summed E-state index contributed by atoms with van der Waals surface area (Å²) < 4.78 is 14.9. The van der Waals surface area contributed by atoms with Crippen molar-refractivity contribution in [3.8, 4) is 22.5 Å². The molecule has 5 rings (SSSR count). The molecule has 1 saturated heterocycles. The van der Waals surface area contributed by atoms with Crippen molar-refractivity contribution < 1.29 is 9.18 Å². The number of aryl methyl sites for hydroxylation is 1. The van der Waals surface area contributed by atoms with Gasteiger partial charge in [0, 0.05) is 31.1 Å². The zero-order valence-electron chi connectivity index (χ0n) is 17.5. The van der Waals surface area contributed by atoms with Crippen molar-refractivity contribution in [3.05, 3.63) is 64.3 Å². The summed E-state index contributed by atoms with van der Waals surface area (Å²) in [6.45, 7) is 4.00. The largest absolute Gasteiger partial charge is 0.343 e. The third-order valence-corrected chi connectivity index (χ3v) is 6.37. The number of likely N-dealkylation sites (tertiary alicyclic amines) is 1. The number of halogens is 1. The van der Waals surface area contributed by atoms with Crippen molar-refractivity contribution >= 4 is 5.91 Å². The van der Waals surface area contributed by atoms with Crippen LogP contribution in [-0.2, 0) is 11.3 Å². The van der Waals surface area contributed by atoms with Gasteiger partial charge in [0.1, 0.15) is 5.82 Å². The second kappa shape index (κ2) is 7.80. The molecule has 2 aromatic carbocycles. The van der Waals surface area contributed by atoms with E-state index in [0.717, 1.165) is 48.1 Å². The summed E-state index contributed by atoms with van der Waals surface area (Å²) in [5.41, 5.74) is 3.55. The van der Waals surface area contributed by atoms with Crippen LogP contribution in [0.3, 0.4) is 0 Å². The summed E-state index contributed by atoms with van der Waals surface area (Å²) in [6.07, 6.45) is 2.93. The monoisotopic (exact) mass is 420 g/mol. The predicted octanol–water partition coefficient (Wildman–Crippen LogP) is 3.61. The summed E-state index contributed by atoms with van der Waals surface area (Å²) in [4.78, 5) is 26.8. The van der Waals surface area contributed by atoms with Gasteiger partial charge in [0.25, 0.3) is 0 Å². The van der Waals surface area contributed by atoms with Gasteiger partial charge in [-0.2, -0.15) is 5.10 Å². The Labute approximate surface area is 179 Å². The first-order chi connectivity index (χ1) is 15.0. The van der Waals surface area contributed by atoms with E-state index in [1.807, 2.05) is 30.0 Å². The Balaban J connectivity index is 1.37. The standard InChI is InChI=1S/C24H25FN4O2/c1-15-12-19(17-4-7-20(25)8-5-17)6-9-21(15)22-26-27-24(31)29(22)14-16-10-11-28(13-16)23(30)18-2-3-18/h4-9,12,16,18H,2-3,10-11,13-14H2,1H3,(H,27,31). The zero-order valence-corrected chi connectivity index (χ0v) is 17.5. The highest BCUT2D eigenvalue weighted by Gasteiger charge is 2.36. The van der Waals surface area contributed by atoms with Crippen LogP contribution in [0.15, 0.2) is 47.3 Å². The molecule has 160 valence electrons. The zero-order chi connectivity index (χ0) is 21.5. The van der Waals surface area contributed by atoms with E-state index in [1.165, 1.54) is 12.1 Å². The molecule has 2 fully saturated rings. The number of nitrogens with zero attached hydrogens (tertiary/aromatic N) is 3. The highest BCUT2D eigenvalue weighted by molar-refractivity contribution is 5.81. The average molecular weight is 420 g/mol. The molecular formula is C24H25FN4O2. The highest BCUT2D eigenvalue weighted by atomic mass is 19.1. The van der Waals surface area contributed by atoms with E-state index in [4.69, 9.17) is 0 Å². The molecule has 0 bridgehead atoms. The molecular weight excluding hydrogens is 395 g/mol. The van der Waals surface area contributed by atoms with E-state index < -0.39 is 0 Å². The molecule has 1 amide bonds. The fourth-order valence-corrected chi connectivity index (χ4v) is 4.46. The number of carbonyl (C=O) groups excluding carboxylic acids is 1. The summed E-state index contributed by atoms with van der Waals surface area (Å²) in [5.74, 6) is 1.10. The lowest BCUT2D eigenvalue weighted by molar-refractivity contribution is -0.131. The molecule has 2 heterocycles. The van der Waals surface area contributed by atoms with Crippen LogP contribution in [-0.4, -0.2) is 38.7 Å². The smallest absolute Gasteiger partial charge is 0.342 e. The molecule has 1 aliphatic carbocycles. The van der Waals surface area contributed by atoms with Gasteiger partial charge >= 0.3 is 5.69 Å². The van der Waals surface area contributed by atoms with Gasteiger partial charge in [-0.3, -0.25) is 9.36 Å². The van der Waals surface area contributed by atoms with Crippen molar-refractivity contribution in [3.63, 3.8) is 0 Å². The minimum absolute atomic E-state index is 0.230. The summed E-state index contributed by atoms with van der Waals surface area (Å²) in [6, 6.07) is 12.3. The lowest BCUT2D eigenvalue weighted by atomic mass is 9.99. The maximum atomic E-state index is 13.2. The van der Waals surface area contributed by atoms with Gasteiger partial charge in [0.2, 0.25) is 5.91 Å². The Bertz CT molecular complexity index is 1180. The minimum Gasteiger partial charge on any atom is -0.342 e. The quantitative estimate of drug-likeness (QED) is 0.686. The molecule has 31 heavy (non-hydrogen) atoms. The minimum atomic E-state index is -0.262. The van der Waals surface area contributed by atoms with E-state index in [1.54, 1.807) is 16.7 Å². The molecule has 1 aliphatic heterocycles. The van der Waals surface area contributed by atoms with Gasteiger partial charge in [-0.05, 0) is 60.9 Å². The van der Waals surface area contributed by atoms with Crippen molar-refractivity contribution in [2.45, 2.75) is 32.7 Å². The van der Waals surface area contributed by atoms with E-state index in [0.29, 0.717) is 18.9 Å². The number of H-pyrrole nitrogens is 1. The Morgan fingerprint density at radius 3 is 2.58 bits per heavy atom. The van der Waals surface area contributed by atoms with Gasteiger partial charge in [-0.15, -0.1) is 0 Å². The first-order valence-corrected chi connectivity index (χ1v) is 10.8. The normalized spacial score (nSPS) is 18.5. The van der Waals surface area contributed by atoms with Crippen LogP contribution in [0.2, 0.25) is 0 Å². The van der Waals surface area contributed by atoms with Crippen molar-refractivity contribution in [2.24, 2.45) is 11.8 Å². The number of amides is 1. The van der Waals surface area contributed by atoms with Gasteiger partial charge < -0.3 is 4.90 Å². The van der Waals surface area contributed by atoms with E-state index in [2.05, 4.69) is 10.2 Å². The Morgan fingerprint density at radius 2 is 1.87 bits per heavy atom. The SMILES string of the molecule is Cc1cc(-c2ccc(F)cc2)ccc1-c1n[nH]c(=O)n1CC1CCN(C(=O)C2CC2)C1. The van der Waals surface area contributed by atoms with E-state index in [9.17, 15) is 14.0 Å². The number of rotatable bonds is 5. The average Bonchev–Trinajstić information content (AvgIpc) is 3.42. The third-order valence-electron chi connectivity index (χ3n) is 6.37. The predicted molar refractivity (Wildman–Crippen MR) is 116 cm³/mol. The molecule has 6 nitrogen and oxygen atoms in total. The summed E-state index contributed by atoms with van der Waals surface area (Å²) >= 11 is 0. The van der Waals surface area contributed by atoms with Crippen LogP contribution >= 0.6 is 0 Å². The molecule has 1 N–H and O–H groups in total. The molecule has 3 aromatic rings. The fourth-order valence-electron chi connectivity index (χ4n) is 4.46. The van der Waals surface area contributed by atoms with Gasteiger partial charge in [-0.25, -0.2) is 14.3 Å². The number of hydrogen-bond donors (Lipinski definition) is 1. The van der Waals surface area contributed by atoms with Crippen LogP contribution in [0.25, 0.3) is 22.5 Å². The molecule has 2 aliphatic rings. The number of aromatic nitrogens is 3. The topological polar surface area (TPSA) is 71.0 Å². The number of aromatic amines is 1. The Morgan fingerprint density at radius 1 is 1.13 bits per heavy atom. The van der Waals surface area contributed by atoms with Crippen LogP contribution in [0.4, 0.5) is 4.39 Å². The molecule has 1 unspecified atom stereocenters. The molecule has 1 saturated carbocycles. The van der Waals surface area contributed by atoms with Crippen LogP contribution in [0.5, 0.6) is 0 Å². The molecule has 0 radical (unpaired) electrons. The first-order valence-electron chi connectivity index (χ1n) is 10.8. The summed E-state index contributed by atoms with van der Waals surface area (Å²) in [5, 5.41) is 6.88. The van der Waals surface area contributed by atoms with E-state index >= 15 is 0 Å². The van der Waals surface area contributed by atoms with Gasteiger partial charge in [0.05, 0.1) is 0 Å². The molecule has 1 aromatic heterocycles. The van der Waals surface area contributed by atoms with Crippen molar-refractivity contribution in [1.29, 1.82) is 0 Å². The van der Waals surface area contributed by atoms with Crippen LogP contribution < -0.4 is 5.69 Å². The van der Waals surface area contributed by atoms with E-state index in [-0.39, 0.29) is 29.2 Å². The van der Waals surface area contributed by atoms with Crippen LogP contribution in [0, 0.1) is 24.6 Å². The molecule has 7 heteroatoms. The number of benzene rings is 2. The maximum Gasteiger partial charge on any atom is 0.343 e. The lowest BCUT2D eigenvalue weighted by Crippen LogP contribution is -2.31. The summed E-state index contributed by atoms with van der Waals surface area (Å²) in [7, 11) is 0. The second-order valence-electron chi connectivity index (χ2n) is 8.71. The lowest BCUT2D eigenvalue weighted by Gasteiger charge is -2.17. The first kappa shape index (κ1) is 19.7.